The van der Waals surface area contributed by atoms with Crippen LogP contribution >= 0.6 is 0 Å². The number of rotatable bonds is 5. The first-order valence-corrected chi connectivity index (χ1v) is 7.71. The number of nitrogens with one attached hydrogen (secondary N) is 1. The topological polar surface area (TPSA) is 68.2 Å². The van der Waals surface area contributed by atoms with E-state index in [-0.39, 0.29) is 0 Å². The van der Waals surface area contributed by atoms with Crippen molar-refractivity contribution in [2.75, 3.05) is 0 Å². The summed E-state index contributed by atoms with van der Waals surface area (Å²) in [6, 6.07) is 12.4. The third-order valence-corrected chi connectivity index (χ3v) is 4.01. The zero-order valence-electron chi connectivity index (χ0n) is 12.9. The summed E-state index contributed by atoms with van der Waals surface area (Å²) in [5.74, 6) is 0.912. The van der Waals surface area contributed by atoms with E-state index in [1.165, 1.54) is 5.56 Å². The highest BCUT2D eigenvalue weighted by Crippen LogP contribution is 2.21. The summed E-state index contributed by atoms with van der Waals surface area (Å²) in [7, 11) is 0. The lowest BCUT2D eigenvalue weighted by Crippen LogP contribution is -2.13. The van der Waals surface area contributed by atoms with E-state index in [4.69, 9.17) is 4.42 Å². The molecule has 0 bridgehead atoms. The molecular formula is C17H17N5O. The molecule has 0 amide bonds. The Morgan fingerprint density at radius 3 is 2.96 bits per heavy atom. The van der Waals surface area contributed by atoms with E-state index in [1.54, 1.807) is 10.8 Å². The molecule has 3 aromatic heterocycles. The highest BCUT2D eigenvalue weighted by Gasteiger charge is 2.10. The van der Waals surface area contributed by atoms with Crippen molar-refractivity contribution < 1.29 is 4.42 Å². The van der Waals surface area contributed by atoms with Crippen LogP contribution in [0.15, 0.2) is 47.1 Å². The lowest BCUT2D eigenvalue weighted by atomic mass is 10.1. The third-order valence-electron chi connectivity index (χ3n) is 4.01. The van der Waals surface area contributed by atoms with Crippen LogP contribution in [0, 0.1) is 0 Å². The van der Waals surface area contributed by atoms with E-state index in [0.29, 0.717) is 13.1 Å². The van der Waals surface area contributed by atoms with Crippen molar-refractivity contribution in [1.29, 1.82) is 0 Å². The van der Waals surface area contributed by atoms with Gasteiger partial charge in [-0.25, -0.2) is 0 Å². The fourth-order valence-corrected chi connectivity index (χ4v) is 2.80. The molecule has 0 aliphatic heterocycles. The second kappa shape index (κ2) is 5.81. The molecule has 4 aromatic rings. The molecule has 116 valence electrons. The van der Waals surface area contributed by atoms with Crippen LogP contribution in [0.1, 0.15) is 23.8 Å². The lowest BCUT2D eigenvalue weighted by Gasteiger charge is -2.08. The first-order chi connectivity index (χ1) is 11.3. The van der Waals surface area contributed by atoms with Crippen molar-refractivity contribution in [2.24, 2.45) is 0 Å². The number of pyridine rings is 1. The fraction of sp³-hybridized carbons (Fsp3) is 0.235. The summed E-state index contributed by atoms with van der Waals surface area (Å²) in [5, 5.41) is 16.7. The molecule has 0 spiro atoms. The van der Waals surface area contributed by atoms with Gasteiger partial charge in [0.25, 0.3) is 0 Å². The second-order valence-electron chi connectivity index (χ2n) is 5.51. The van der Waals surface area contributed by atoms with Crippen LogP contribution in [0.4, 0.5) is 0 Å². The number of hydrogen-bond donors (Lipinski definition) is 1. The number of nitrogens with zero attached hydrogens (tertiary/aromatic N) is 4. The number of aryl methyl sites for hydroxylation is 1. The Labute approximate surface area is 133 Å². The van der Waals surface area contributed by atoms with Crippen LogP contribution in [-0.4, -0.2) is 20.0 Å². The lowest BCUT2D eigenvalue weighted by molar-refractivity contribution is 0.483. The monoisotopic (exact) mass is 307 g/mol. The number of aromatic nitrogens is 4. The molecule has 0 radical (unpaired) electrons. The van der Waals surface area contributed by atoms with Gasteiger partial charge in [0.05, 0.1) is 18.3 Å². The minimum atomic E-state index is 0.674. The van der Waals surface area contributed by atoms with Gasteiger partial charge in [-0.2, -0.15) is 4.52 Å². The molecule has 0 aliphatic carbocycles. The summed E-state index contributed by atoms with van der Waals surface area (Å²) in [6.45, 7) is 3.51. The van der Waals surface area contributed by atoms with Gasteiger partial charge in [0.15, 0.2) is 5.65 Å². The summed E-state index contributed by atoms with van der Waals surface area (Å²) < 4.78 is 7.14. The van der Waals surface area contributed by atoms with E-state index in [1.807, 2.05) is 12.1 Å². The molecule has 0 saturated heterocycles. The number of fused-ring (bicyclic) bond motifs is 3. The molecule has 0 fully saturated rings. The predicted octanol–water partition coefficient (Wildman–Crippen LogP) is 2.72. The Balaban J connectivity index is 1.70. The van der Waals surface area contributed by atoms with Crippen molar-refractivity contribution in [2.45, 2.75) is 26.4 Å². The Morgan fingerprint density at radius 2 is 2.13 bits per heavy atom. The summed E-state index contributed by atoms with van der Waals surface area (Å²) in [5.41, 5.74) is 4.19. The van der Waals surface area contributed by atoms with E-state index < -0.39 is 0 Å². The average molecular weight is 307 g/mol. The molecule has 0 atom stereocenters. The highest BCUT2D eigenvalue weighted by molar-refractivity contribution is 5.83. The standard InChI is InChI=1S/C17H17N5O/c1-2-12-5-6-16-13(8-12)9-14(17-19-20-21-22(16)17)10-18-11-15-4-3-7-23-15/h3-9,18H,2,10-11H2,1H3. The average Bonchev–Trinajstić information content (AvgIpc) is 3.26. The smallest absolute Gasteiger partial charge is 0.184 e. The van der Waals surface area contributed by atoms with Gasteiger partial charge in [-0.3, -0.25) is 0 Å². The van der Waals surface area contributed by atoms with Crippen molar-refractivity contribution in [3.63, 3.8) is 0 Å². The van der Waals surface area contributed by atoms with Crippen molar-refractivity contribution in [3.05, 3.63) is 59.5 Å². The zero-order valence-corrected chi connectivity index (χ0v) is 12.9. The Hall–Kier alpha value is -2.73. The molecule has 23 heavy (non-hydrogen) atoms. The molecule has 1 N–H and O–H groups in total. The second-order valence-corrected chi connectivity index (χ2v) is 5.51. The van der Waals surface area contributed by atoms with Gasteiger partial charge < -0.3 is 9.73 Å². The van der Waals surface area contributed by atoms with E-state index in [0.717, 1.165) is 34.3 Å². The minimum absolute atomic E-state index is 0.674. The van der Waals surface area contributed by atoms with Crippen molar-refractivity contribution in [1.82, 2.24) is 25.4 Å². The van der Waals surface area contributed by atoms with Gasteiger partial charge in [-0.15, -0.1) is 5.10 Å². The molecule has 6 nitrogen and oxygen atoms in total. The van der Waals surface area contributed by atoms with Gasteiger partial charge in [0.1, 0.15) is 5.76 Å². The zero-order chi connectivity index (χ0) is 15.6. The van der Waals surface area contributed by atoms with E-state index in [2.05, 4.69) is 52.0 Å². The van der Waals surface area contributed by atoms with Crippen molar-refractivity contribution in [3.8, 4) is 0 Å². The molecule has 0 saturated carbocycles. The van der Waals surface area contributed by atoms with Gasteiger partial charge >= 0.3 is 0 Å². The predicted molar refractivity (Wildman–Crippen MR) is 86.9 cm³/mol. The minimum Gasteiger partial charge on any atom is -0.468 e. The largest absolute Gasteiger partial charge is 0.468 e. The van der Waals surface area contributed by atoms with Crippen LogP contribution in [-0.2, 0) is 19.5 Å². The maximum atomic E-state index is 5.34. The van der Waals surface area contributed by atoms with Crippen LogP contribution in [0.25, 0.3) is 16.6 Å². The van der Waals surface area contributed by atoms with Gasteiger partial charge in [-0.05, 0) is 52.7 Å². The fourth-order valence-electron chi connectivity index (χ4n) is 2.80. The molecular weight excluding hydrogens is 290 g/mol. The Bertz CT molecular complexity index is 942. The van der Waals surface area contributed by atoms with Gasteiger partial charge in [-0.1, -0.05) is 13.0 Å². The normalized spacial score (nSPS) is 11.5. The molecule has 0 unspecified atom stereocenters. The number of hydrogen-bond acceptors (Lipinski definition) is 5. The highest BCUT2D eigenvalue weighted by atomic mass is 16.3. The van der Waals surface area contributed by atoms with Crippen LogP contribution < -0.4 is 5.32 Å². The SMILES string of the molecule is CCc1ccc2c(c1)cc(CNCc1ccco1)c1nnnn12. The van der Waals surface area contributed by atoms with E-state index >= 15 is 0 Å². The molecule has 0 aliphatic rings. The summed E-state index contributed by atoms with van der Waals surface area (Å²) in [4.78, 5) is 0. The van der Waals surface area contributed by atoms with Crippen molar-refractivity contribution >= 4 is 16.6 Å². The first-order valence-electron chi connectivity index (χ1n) is 7.71. The van der Waals surface area contributed by atoms with Crippen LogP contribution in [0.5, 0.6) is 0 Å². The number of benzene rings is 1. The number of tetrazole rings is 1. The first kappa shape index (κ1) is 13.9. The molecule has 3 heterocycles. The summed E-state index contributed by atoms with van der Waals surface area (Å²) in [6.07, 6.45) is 2.69. The van der Waals surface area contributed by atoms with E-state index in [9.17, 15) is 0 Å². The van der Waals surface area contributed by atoms with Crippen LogP contribution in [0.2, 0.25) is 0 Å². The molecule has 1 aromatic carbocycles. The Morgan fingerprint density at radius 1 is 1.17 bits per heavy atom. The van der Waals surface area contributed by atoms with Gasteiger partial charge in [0, 0.05) is 17.5 Å². The maximum Gasteiger partial charge on any atom is 0.184 e. The molecule has 6 heteroatoms. The Kier molecular flexibility index (Phi) is 3.51. The quantitative estimate of drug-likeness (QED) is 0.614. The maximum absolute atomic E-state index is 5.34. The van der Waals surface area contributed by atoms with Crippen LogP contribution in [0.3, 0.4) is 0 Å². The number of furan rings is 1. The molecule has 4 rings (SSSR count). The summed E-state index contributed by atoms with van der Waals surface area (Å²) >= 11 is 0. The third kappa shape index (κ3) is 2.57. The van der Waals surface area contributed by atoms with Gasteiger partial charge in [0.2, 0.25) is 0 Å².